The number of ketones is 1. The van der Waals surface area contributed by atoms with Crippen LogP contribution in [-0.4, -0.2) is 56.1 Å². The molecule has 1 N–H and O–H groups in total. The van der Waals surface area contributed by atoms with E-state index in [1.807, 2.05) is 0 Å². The van der Waals surface area contributed by atoms with Gasteiger partial charge in [0, 0.05) is 24.6 Å². The van der Waals surface area contributed by atoms with E-state index in [2.05, 4.69) is 5.32 Å². The van der Waals surface area contributed by atoms with E-state index in [0.29, 0.717) is 31.2 Å². The van der Waals surface area contributed by atoms with Crippen molar-refractivity contribution < 1.29 is 27.5 Å². The number of nitrogens with zero attached hydrogens (tertiary/aromatic N) is 1. The van der Waals surface area contributed by atoms with Gasteiger partial charge < -0.3 is 10.1 Å². The van der Waals surface area contributed by atoms with E-state index in [4.69, 9.17) is 4.74 Å². The van der Waals surface area contributed by atoms with E-state index in [9.17, 15) is 22.8 Å². The Balaban J connectivity index is 1.65. The Morgan fingerprint density at radius 2 is 1.77 bits per heavy atom. The van der Waals surface area contributed by atoms with Crippen LogP contribution in [0.15, 0.2) is 29.2 Å². The number of esters is 1. The standard InChI is InChI=1S/C21H28N2O6S/c1-15(24)17-6-5-7-18(14-17)30(27,28)23-12-8-16(9-13-23)19(25)22-21(20(26)29-2)10-3-4-11-21/h5-7,14,16H,3-4,8-13H2,1-2H3,(H,22,25). The zero-order chi connectivity index (χ0) is 21.9. The first-order valence-electron chi connectivity index (χ1n) is 10.2. The molecular formula is C21H28N2O6S. The Morgan fingerprint density at radius 3 is 2.33 bits per heavy atom. The summed E-state index contributed by atoms with van der Waals surface area (Å²) in [4.78, 5) is 36.7. The zero-order valence-corrected chi connectivity index (χ0v) is 18.2. The van der Waals surface area contributed by atoms with E-state index in [-0.39, 0.29) is 35.6 Å². The van der Waals surface area contributed by atoms with Crippen molar-refractivity contribution in [1.29, 1.82) is 0 Å². The average molecular weight is 437 g/mol. The first-order chi connectivity index (χ1) is 14.2. The molecule has 0 bridgehead atoms. The molecule has 3 rings (SSSR count). The number of Topliss-reactive ketones (excluding diaryl/α,β-unsaturated/α-hetero) is 1. The zero-order valence-electron chi connectivity index (χ0n) is 17.3. The third-order valence-electron chi connectivity index (χ3n) is 6.10. The molecule has 1 aliphatic heterocycles. The Morgan fingerprint density at radius 1 is 1.13 bits per heavy atom. The number of carbonyl (C=O) groups excluding carboxylic acids is 3. The molecule has 1 aromatic rings. The Bertz CT molecular complexity index is 929. The van der Waals surface area contributed by atoms with E-state index in [1.165, 1.54) is 30.5 Å². The van der Waals surface area contributed by atoms with Crippen molar-refractivity contribution in [3.63, 3.8) is 0 Å². The van der Waals surface area contributed by atoms with Gasteiger partial charge in [0.15, 0.2) is 5.78 Å². The first-order valence-corrected chi connectivity index (χ1v) is 11.7. The predicted octanol–water partition coefficient (Wildman–Crippen LogP) is 1.89. The molecule has 9 heteroatoms. The number of piperidine rings is 1. The summed E-state index contributed by atoms with van der Waals surface area (Å²) in [5, 5.41) is 2.90. The van der Waals surface area contributed by atoms with Crippen LogP contribution >= 0.6 is 0 Å². The molecule has 1 heterocycles. The van der Waals surface area contributed by atoms with Crippen molar-refractivity contribution in [2.75, 3.05) is 20.2 Å². The average Bonchev–Trinajstić information content (AvgIpc) is 3.22. The molecule has 0 unspecified atom stereocenters. The van der Waals surface area contributed by atoms with Crippen LogP contribution in [-0.2, 0) is 24.3 Å². The van der Waals surface area contributed by atoms with Crippen LogP contribution in [0.1, 0.15) is 55.8 Å². The second-order valence-electron chi connectivity index (χ2n) is 8.03. The maximum atomic E-state index is 12.9. The lowest BCUT2D eigenvalue weighted by molar-refractivity contribution is -0.151. The third kappa shape index (κ3) is 4.41. The highest BCUT2D eigenvalue weighted by molar-refractivity contribution is 7.89. The Labute approximate surface area is 177 Å². The van der Waals surface area contributed by atoms with Crippen molar-refractivity contribution in [2.24, 2.45) is 5.92 Å². The van der Waals surface area contributed by atoms with Gasteiger partial charge in [-0.25, -0.2) is 13.2 Å². The number of benzene rings is 1. The smallest absolute Gasteiger partial charge is 0.331 e. The van der Waals surface area contributed by atoms with Crippen molar-refractivity contribution in [3.8, 4) is 0 Å². The van der Waals surface area contributed by atoms with Crippen LogP contribution in [0.25, 0.3) is 0 Å². The number of carbonyl (C=O) groups is 3. The number of nitrogens with one attached hydrogen (secondary N) is 1. The monoisotopic (exact) mass is 436 g/mol. The fourth-order valence-corrected chi connectivity index (χ4v) is 5.79. The molecule has 0 aromatic heterocycles. The highest BCUT2D eigenvalue weighted by Gasteiger charge is 2.45. The summed E-state index contributed by atoms with van der Waals surface area (Å²) in [7, 11) is -2.43. The van der Waals surface area contributed by atoms with E-state index in [0.717, 1.165) is 12.8 Å². The summed E-state index contributed by atoms with van der Waals surface area (Å²) in [6.07, 6.45) is 3.57. The fourth-order valence-electron chi connectivity index (χ4n) is 4.27. The summed E-state index contributed by atoms with van der Waals surface area (Å²) in [5.41, 5.74) is -0.614. The van der Waals surface area contributed by atoms with Crippen LogP contribution in [0.5, 0.6) is 0 Å². The lowest BCUT2D eigenvalue weighted by atomic mass is 9.92. The molecule has 1 aliphatic carbocycles. The van der Waals surface area contributed by atoms with E-state index in [1.54, 1.807) is 12.1 Å². The van der Waals surface area contributed by atoms with Gasteiger partial charge in [-0.1, -0.05) is 25.0 Å². The highest BCUT2D eigenvalue weighted by atomic mass is 32.2. The van der Waals surface area contributed by atoms with Crippen LogP contribution < -0.4 is 5.32 Å². The molecule has 0 atom stereocenters. The van der Waals surface area contributed by atoms with Gasteiger partial charge in [-0.05, 0) is 44.7 Å². The molecule has 164 valence electrons. The summed E-state index contributed by atoms with van der Waals surface area (Å²) in [6.45, 7) is 1.80. The molecule has 2 aliphatic rings. The summed E-state index contributed by atoms with van der Waals surface area (Å²) in [6, 6.07) is 5.99. The van der Waals surface area contributed by atoms with Crippen molar-refractivity contribution >= 4 is 27.7 Å². The van der Waals surface area contributed by atoms with Crippen LogP contribution in [0, 0.1) is 5.92 Å². The van der Waals surface area contributed by atoms with Gasteiger partial charge >= 0.3 is 5.97 Å². The van der Waals surface area contributed by atoms with Gasteiger partial charge in [-0.3, -0.25) is 9.59 Å². The number of rotatable bonds is 6. The summed E-state index contributed by atoms with van der Waals surface area (Å²) >= 11 is 0. The molecule has 2 fully saturated rings. The maximum absolute atomic E-state index is 12.9. The minimum Gasteiger partial charge on any atom is -0.467 e. The van der Waals surface area contributed by atoms with Gasteiger partial charge in [-0.15, -0.1) is 0 Å². The number of hydrogen-bond donors (Lipinski definition) is 1. The molecule has 8 nitrogen and oxygen atoms in total. The molecule has 1 saturated carbocycles. The second kappa shape index (κ2) is 8.85. The van der Waals surface area contributed by atoms with Crippen molar-refractivity contribution in [1.82, 2.24) is 9.62 Å². The van der Waals surface area contributed by atoms with Gasteiger partial charge in [0.05, 0.1) is 12.0 Å². The lowest BCUT2D eigenvalue weighted by Gasteiger charge is -2.33. The molecular weight excluding hydrogens is 408 g/mol. The fraction of sp³-hybridized carbons (Fsp3) is 0.571. The molecule has 0 spiro atoms. The first kappa shape index (κ1) is 22.4. The van der Waals surface area contributed by atoms with Gasteiger partial charge in [0.25, 0.3) is 0 Å². The minimum absolute atomic E-state index is 0.0775. The number of sulfonamides is 1. The maximum Gasteiger partial charge on any atom is 0.331 e. The molecule has 1 amide bonds. The topological polar surface area (TPSA) is 110 Å². The number of ether oxygens (including phenoxy) is 1. The third-order valence-corrected chi connectivity index (χ3v) is 7.99. The second-order valence-corrected chi connectivity index (χ2v) is 9.97. The largest absolute Gasteiger partial charge is 0.467 e. The number of methoxy groups -OCH3 is 1. The molecule has 30 heavy (non-hydrogen) atoms. The minimum atomic E-state index is -3.74. The lowest BCUT2D eigenvalue weighted by Crippen LogP contribution is -2.55. The Hall–Kier alpha value is -2.26. The van der Waals surface area contributed by atoms with Gasteiger partial charge in [0.2, 0.25) is 15.9 Å². The van der Waals surface area contributed by atoms with Crippen molar-refractivity contribution in [2.45, 2.75) is 55.9 Å². The number of hydrogen-bond acceptors (Lipinski definition) is 6. The quantitative estimate of drug-likeness (QED) is 0.539. The van der Waals surface area contributed by atoms with Crippen LogP contribution in [0.4, 0.5) is 0 Å². The normalized spacial score (nSPS) is 19.9. The molecule has 1 saturated heterocycles. The molecule has 0 radical (unpaired) electrons. The number of amides is 1. The van der Waals surface area contributed by atoms with E-state index < -0.39 is 21.5 Å². The van der Waals surface area contributed by atoms with Gasteiger partial charge in [-0.2, -0.15) is 4.31 Å². The van der Waals surface area contributed by atoms with E-state index >= 15 is 0 Å². The van der Waals surface area contributed by atoms with Crippen LogP contribution in [0.3, 0.4) is 0 Å². The van der Waals surface area contributed by atoms with Crippen molar-refractivity contribution in [3.05, 3.63) is 29.8 Å². The van der Waals surface area contributed by atoms with Crippen LogP contribution in [0.2, 0.25) is 0 Å². The molecule has 1 aromatic carbocycles. The van der Waals surface area contributed by atoms with Gasteiger partial charge in [0.1, 0.15) is 5.54 Å². The predicted molar refractivity (Wildman–Crippen MR) is 109 cm³/mol. The highest BCUT2D eigenvalue weighted by Crippen LogP contribution is 2.32. The SMILES string of the molecule is COC(=O)C1(NC(=O)C2CCN(S(=O)(=O)c3cccc(C(C)=O)c3)CC2)CCCC1. The summed E-state index contributed by atoms with van der Waals surface area (Å²) in [5.74, 6) is -1.20. The Kier molecular flexibility index (Phi) is 6.62. The summed E-state index contributed by atoms with van der Waals surface area (Å²) < 4.78 is 32.1.